The second-order valence-corrected chi connectivity index (χ2v) is 14.4. The number of aromatic amines is 1. The van der Waals surface area contributed by atoms with Crippen LogP contribution >= 0.6 is 11.8 Å². The van der Waals surface area contributed by atoms with E-state index in [1.807, 2.05) is 30.5 Å². The highest BCUT2D eigenvalue weighted by Crippen LogP contribution is 2.45. The summed E-state index contributed by atoms with van der Waals surface area (Å²) in [6.07, 6.45) is 11.0. The molecule has 52 heavy (non-hydrogen) atoms. The molecule has 0 saturated carbocycles. The van der Waals surface area contributed by atoms with Crippen LogP contribution in [0.2, 0.25) is 0 Å². The number of amides is 3. The van der Waals surface area contributed by atoms with E-state index in [1.165, 1.54) is 32.1 Å². The lowest BCUT2D eigenvalue weighted by Gasteiger charge is -2.22. The van der Waals surface area contributed by atoms with E-state index in [0.717, 1.165) is 42.3 Å². The van der Waals surface area contributed by atoms with Crippen molar-refractivity contribution < 1.29 is 19.0 Å². The van der Waals surface area contributed by atoms with Gasteiger partial charge in [0, 0.05) is 60.4 Å². The van der Waals surface area contributed by atoms with Gasteiger partial charge in [-0.1, -0.05) is 54.2 Å². The smallest absolute Gasteiger partial charge is 0.243 e. The van der Waals surface area contributed by atoms with E-state index in [9.17, 15) is 14.4 Å². The van der Waals surface area contributed by atoms with Crippen LogP contribution in [0.5, 0.6) is 0 Å². The molecule has 270 valence electrons. The molecular formula is C41H48N7O3S+. The molecule has 0 radical (unpaired) electrons. The van der Waals surface area contributed by atoms with Crippen molar-refractivity contribution in [1.29, 1.82) is 0 Å². The summed E-state index contributed by atoms with van der Waals surface area (Å²) in [5.41, 5.74) is 16.7. The first-order valence-corrected chi connectivity index (χ1v) is 18.9. The Morgan fingerprint density at radius 1 is 0.885 bits per heavy atom. The lowest BCUT2D eigenvalue weighted by atomic mass is 10.0. The zero-order valence-electron chi connectivity index (χ0n) is 29.6. The number of nitrogens with two attached hydrogens (primary N) is 2. The largest absolute Gasteiger partial charge is 0.368 e. The molecule has 7 N–H and O–H groups in total. The molecule has 0 spiro atoms. The first kappa shape index (κ1) is 36.7. The van der Waals surface area contributed by atoms with Crippen LogP contribution < -0.4 is 31.6 Å². The molecule has 3 heterocycles. The second kappa shape index (κ2) is 17.4. The minimum absolute atomic E-state index is 0.203. The van der Waals surface area contributed by atoms with E-state index in [2.05, 4.69) is 99.0 Å². The maximum absolute atomic E-state index is 13.5. The van der Waals surface area contributed by atoms with Gasteiger partial charge in [-0.25, -0.2) is 0 Å². The van der Waals surface area contributed by atoms with Crippen molar-refractivity contribution in [1.82, 2.24) is 15.6 Å². The third kappa shape index (κ3) is 8.83. The summed E-state index contributed by atoms with van der Waals surface area (Å²) < 4.78 is 2.28. The van der Waals surface area contributed by atoms with Crippen molar-refractivity contribution in [3.8, 4) is 0 Å². The number of unbranched alkanes of at least 4 members (excludes halogenated alkanes) is 3. The van der Waals surface area contributed by atoms with Gasteiger partial charge in [0.15, 0.2) is 6.20 Å². The Bertz CT molecular complexity index is 2080. The normalized spacial score (nSPS) is 14.4. The van der Waals surface area contributed by atoms with Crippen molar-refractivity contribution in [2.75, 3.05) is 18.5 Å². The fourth-order valence-electron chi connectivity index (χ4n) is 6.80. The van der Waals surface area contributed by atoms with Crippen LogP contribution in [0.4, 0.5) is 5.69 Å². The molecule has 2 aromatic heterocycles. The average Bonchev–Trinajstić information content (AvgIpc) is 3.71. The van der Waals surface area contributed by atoms with Gasteiger partial charge < -0.3 is 32.0 Å². The Morgan fingerprint density at radius 2 is 1.65 bits per heavy atom. The van der Waals surface area contributed by atoms with Crippen molar-refractivity contribution in [3.63, 3.8) is 0 Å². The molecular weight excluding hydrogens is 671 g/mol. The third-order valence-corrected chi connectivity index (χ3v) is 10.8. The van der Waals surface area contributed by atoms with Crippen molar-refractivity contribution in [3.05, 3.63) is 107 Å². The molecule has 1 aliphatic rings. The first-order valence-electron chi connectivity index (χ1n) is 18.1. The summed E-state index contributed by atoms with van der Waals surface area (Å²) in [7, 11) is 2.11. The molecule has 0 saturated heterocycles. The maximum Gasteiger partial charge on any atom is 0.243 e. The molecule has 1 aliphatic heterocycles. The quantitative estimate of drug-likeness (QED) is 0.0630. The summed E-state index contributed by atoms with van der Waals surface area (Å²) in [6, 6.07) is 25.2. The molecule has 3 amide bonds. The number of thioether (sulfide) groups is 1. The lowest BCUT2D eigenvalue weighted by molar-refractivity contribution is -0.671. The van der Waals surface area contributed by atoms with Gasteiger partial charge in [-0.3, -0.25) is 14.4 Å². The van der Waals surface area contributed by atoms with Gasteiger partial charge in [0.2, 0.25) is 23.2 Å². The number of carbonyl (C=O) groups excluding carboxylic acids is 3. The van der Waals surface area contributed by atoms with Crippen LogP contribution in [0.15, 0.2) is 101 Å². The van der Waals surface area contributed by atoms with Gasteiger partial charge in [0.05, 0.1) is 16.1 Å². The Hall–Kier alpha value is -5.13. The van der Waals surface area contributed by atoms with E-state index in [0.29, 0.717) is 32.2 Å². The number of nitrogens with one attached hydrogen (secondary N) is 3. The fraction of sp³-hybridized carbons (Fsp3) is 0.317. The zero-order chi connectivity index (χ0) is 36.5. The molecule has 11 heteroatoms. The van der Waals surface area contributed by atoms with Gasteiger partial charge in [0.25, 0.3) is 0 Å². The SMILES string of the molecule is CN1/C(=C\c2cc[n+](CCCCCC(=O)N[C@H](Cc3c[nH]c4ccccc34)C(=O)N[C@H](CCCCN)C(N)=O)c3ccccc23)Sc2ccccc21. The molecule has 3 aromatic carbocycles. The van der Waals surface area contributed by atoms with Crippen LogP contribution in [0.1, 0.15) is 56.1 Å². The van der Waals surface area contributed by atoms with E-state index < -0.39 is 23.9 Å². The highest BCUT2D eigenvalue weighted by atomic mass is 32.2. The lowest BCUT2D eigenvalue weighted by Crippen LogP contribution is -2.53. The molecule has 0 unspecified atom stereocenters. The second-order valence-electron chi connectivity index (χ2n) is 13.3. The number of nitrogens with zero attached hydrogens (tertiary/aromatic N) is 2. The van der Waals surface area contributed by atoms with Gasteiger partial charge in [-0.15, -0.1) is 0 Å². The van der Waals surface area contributed by atoms with Crippen LogP contribution in [0.25, 0.3) is 27.9 Å². The number of hydrogen-bond donors (Lipinski definition) is 5. The Kier molecular flexibility index (Phi) is 12.3. The monoisotopic (exact) mass is 718 g/mol. The predicted molar refractivity (Wildman–Crippen MR) is 209 cm³/mol. The van der Waals surface area contributed by atoms with E-state index >= 15 is 0 Å². The minimum Gasteiger partial charge on any atom is -0.368 e. The van der Waals surface area contributed by atoms with Gasteiger partial charge in [0.1, 0.15) is 18.6 Å². The minimum atomic E-state index is -0.866. The zero-order valence-corrected chi connectivity index (χ0v) is 30.5. The van der Waals surface area contributed by atoms with Gasteiger partial charge in [-0.2, -0.15) is 4.57 Å². The number of primary amides is 1. The average molecular weight is 719 g/mol. The number of hydrogen-bond acceptors (Lipinski definition) is 6. The number of pyridine rings is 1. The summed E-state index contributed by atoms with van der Waals surface area (Å²) in [6.45, 7) is 1.31. The Balaban J connectivity index is 1.05. The molecule has 0 bridgehead atoms. The molecule has 6 rings (SSSR count). The fourth-order valence-corrected chi connectivity index (χ4v) is 7.90. The molecule has 0 fully saturated rings. The van der Waals surface area contributed by atoms with Crippen molar-refractivity contribution in [2.24, 2.45) is 11.5 Å². The summed E-state index contributed by atoms with van der Waals surface area (Å²) in [4.78, 5) is 45.7. The summed E-state index contributed by atoms with van der Waals surface area (Å²) in [5.74, 6) is -1.24. The molecule has 2 atom stereocenters. The van der Waals surface area contributed by atoms with Crippen molar-refractivity contribution >= 4 is 63.1 Å². The highest BCUT2D eigenvalue weighted by Gasteiger charge is 2.27. The number of anilines is 1. The van der Waals surface area contributed by atoms with Crippen LogP contribution in [0, 0.1) is 0 Å². The maximum atomic E-state index is 13.5. The molecule has 0 aliphatic carbocycles. The van der Waals surface area contributed by atoms with Crippen LogP contribution in [-0.4, -0.2) is 48.4 Å². The first-order chi connectivity index (χ1) is 25.3. The van der Waals surface area contributed by atoms with Gasteiger partial charge in [-0.05, 0) is 80.1 Å². The Morgan fingerprint density at radius 3 is 2.46 bits per heavy atom. The number of aryl methyl sites for hydroxylation is 1. The summed E-state index contributed by atoms with van der Waals surface area (Å²) in [5, 5.41) is 9.12. The third-order valence-electron chi connectivity index (χ3n) is 9.67. The standard InChI is InChI=1S/C41H47N7O3S/c1-47-36-18-8-9-19-37(36)52-39(47)26-28-21-24-48(35-17-7-5-14-31(28)35)23-12-2-3-20-38(49)45-34(25-29-27-44-32-15-6-4-13-30(29)32)41(51)46-33(40(43)50)16-10-11-22-42/h4-9,13-15,17-19,21,24,26-27,33-34,44H,2-3,10-12,16,20,22-23,25,42H2,1H3,(H3-,43,45,46,49,50,51)/p+1/t33-,34-/m1/s1. The topological polar surface area (TPSA) is 150 Å². The number of fused-ring (bicyclic) bond motifs is 3. The number of aromatic nitrogens is 2. The predicted octanol–water partition coefficient (Wildman–Crippen LogP) is 5.54. The number of benzene rings is 3. The van der Waals surface area contributed by atoms with E-state index in [4.69, 9.17) is 11.5 Å². The number of para-hydroxylation sites is 3. The Labute approximate surface area is 309 Å². The summed E-state index contributed by atoms with van der Waals surface area (Å²) >= 11 is 1.79. The van der Waals surface area contributed by atoms with Crippen molar-refractivity contribution in [2.45, 2.75) is 74.9 Å². The number of rotatable bonds is 17. The van der Waals surface area contributed by atoms with Crippen LogP contribution in [0.3, 0.4) is 0 Å². The van der Waals surface area contributed by atoms with Gasteiger partial charge >= 0.3 is 0 Å². The number of carbonyl (C=O) groups is 3. The highest BCUT2D eigenvalue weighted by molar-refractivity contribution is 8.03. The van der Waals surface area contributed by atoms with E-state index in [-0.39, 0.29) is 12.3 Å². The number of H-pyrrole nitrogens is 1. The van der Waals surface area contributed by atoms with E-state index in [1.54, 1.807) is 11.8 Å². The molecule has 10 nitrogen and oxygen atoms in total. The van der Waals surface area contributed by atoms with Crippen LogP contribution in [-0.2, 0) is 27.3 Å². The molecule has 5 aromatic rings.